The van der Waals surface area contributed by atoms with Crippen molar-refractivity contribution in [3.8, 4) is 5.69 Å². The molecule has 1 heterocycles. The van der Waals surface area contributed by atoms with Crippen LogP contribution in [0.2, 0.25) is 0 Å². The number of para-hydroxylation sites is 1. The van der Waals surface area contributed by atoms with Crippen molar-refractivity contribution in [3.63, 3.8) is 0 Å². The van der Waals surface area contributed by atoms with Crippen molar-refractivity contribution >= 4 is 5.69 Å². The summed E-state index contributed by atoms with van der Waals surface area (Å²) in [4.78, 5) is 16.6. The minimum atomic E-state index is -0.287. The molecule has 5 heteroatoms. The third-order valence-corrected chi connectivity index (χ3v) is 3.47. The monoisotopic (exact) mass is 307 g/mol. The second-order valence-electron chi connectivity index (χ2n) is 5.09. The lowest BCUT2D eigenvalue weighted by Gasteiger charge is -2.10. The fourth-order valence-electron chi connectivity index (χ4n) is 2.23. The minimum absolute atomic E-state index is 0.115. The number of hydrogen-bond donors (Lipinski definition) is 1. The first-order chi connectivity index (χ1) is 11.3. The number of rotatable bonds is 5. The van der Waals surface area contributed by atoms with Gasteiger partial charge in [0, 0.05) is 0 Å². The van der Waals surface area contributed by atoms with E-state index in [9.17, 15) is 4.79 Å². The fraction of sp³-hybridized carbons (Fsp3) is 0.111. The molecule has 0 atom stereocenters. The Bertz CT molecular complexity index is 830. The van der Waals surface area contributed by atoms with Crippen molar-refractivity contribution in [1.29, 1.82) is 0 Å². The number of nitrogens with zero attached hydrogens (tertiary/aromatic N) is 2. The van der Waals surface area contributed by atoms with Gasteiger partial charge in [-0.3, -0.25) is 9.36 Å². The number of aromatic nitrogens is 2. The minimum Gasteiger partial charge on any atom is -0.393 e. The van der Waals surface area contributed by atoms with Gasteiger partial charge in [-0.2, -0.15) is 0 Å². The summed E-state index contributed by atoms with van der Waals surface area (Å²) < 4.78 is 7.02. The van der Waals surface area contributed by atoms with Crippen LogP contribution in [0.4, 0.5) is 5.69 Å². The zero-order valence-corrected chi connectivity index (χ0v) is 12.6. The van der Waals surface area contributed by atoms with Crippen molar-refractivity contribution in [2.75, 3.05) is 5.73 Å². The number of hydrogen-bond acceptors (Lipinski definition) is 4. The Kier molecular flexibility index (Phi) is 4.49. The highest BCUT2D eigenvalue weighted by atomic mass is 16.5. The van der Waals surface area contributed by atoms with E-state index in [4.69, 9.17) is 10.5 Å². The Hall–Kier alpha value is -2.92. The lowest BCUT2D eigenvalue weighted by Crippen LogP contribution is -2.24. The standard InChI is InChI=1S/C18H17N3O2/c19-17-16(12-23-11-14-7-3-1-4-8-14)20-13-21(18(17)22)15-9-5-2-6-10-15/h1-10,13H,11-12,19H2. The summed E-state index contributed by atoms with van der Waals surface area (Å²) in [5.74, 6) is 0. The second kappa shape index (κ2) is 6.89. The lowest BCUT2D eigenvalue weighted by atomic mass is 10.2. The lowest BCUT2D eigenvalue weighted by molar-refractivity contribution is 0.105. The highest BCUT2D eigenvalue weighted by Crippen LogP contribution is 2.10. The maximum absolute atomic E-state index is 12.4. The molecule has 0 saturated heterocycles. The summed E-state index contributed by atoms with van der Waals surface area (Å²) in [6, 6.07) is 19.1. The summed E-state index contributed by atoms with van der Waals surface area (Å²) in [6.07, 6.45) is 1.48. The molecule has 0 aliphatic rings. The highest BCUT2D eigenvalue weighted by molar-refractivity contribution is 5.43. The van der Waals surface area contributed by atoms with Gasteiger partial charge in [0.2, 0.25) is 0 Å². The van der Waals surface area contributed by atoms with Gasteiger partial charge >= 0.3 is 0 Å². The van der Waals surface area contributed by atoms with Gasteiger partial charge in [-0.1, -0.05) is 48.5 Å². The summed E-state index contributed by atoms with van der Waals surface area (Å²) >= 11 is 0. The molecule has 2 N–H and O–H groups in total. The van der Waals surface area contributed by atoms with Crippen molar-refractivity contribution in [2.45, 2.75) is 13.2 Å². The Morgan fingerprint density at radius 3 is 2.30 bits per heavy atom. The molecule has 0 aliphatic carbocycles. The molecule has 0 aliphatic heterocycles. The summed E-state index contributed by atoms with van der Waals surface area (Å²) in [7, 11) is 0. The quantitative estimate of drug-likeness (QED) is 0.786. The van der Waals surface area contributed by atoms with E-state index >= 15 is 0 Å². The number of nitrogen functional groups attached to an aromatic ring is 1. The van der Waals surface area contributed by atoms with Crippen LogP contribution in [-0.4, -0.2) is 9.55 Å². The van der Waals surface area contributed by atoms with Gasteiger partial charge in [-0.15, -0.1) is 0 Å². The molecule has 23 heavy (non-hydrogen) atoms. The van der Waals surface area contributed by atoms with E-state index in [1.54, 1.807) is 0 Å². The van der Waals surface area contributed by atoms with E-state index in [-0.39, 0.29) is 17.9 Å². The first-order valence-electron chi connectivity index (χ1n) is 7.29. The average molecular weight is 307 g/mol. The largest absolute Gasteiger partial charge is 0.393 e. The molecule has 0 saturated carbocycles. The molecule has 0 bridgehead atoms. The third-order valence-electron chi connectivity index (χ3n) is 3.47. The van der Waals surface area contributed by atoms with Gasteiger partial charge in [-0.25, -0.2) is 4.98 Å². The van der Waals surface area contributed by atoms with Crippen LogP contribution in [0, 0.1) is 0 Å². The second-order valence-corrected chi connectivity index (χ2v) is 5.09. The molecule has 3 aromatic rings. The van der Waals surface area contributed by atoms with E-state index in [0.29, 0.717) is 12.3 Å². The molecule has 2 aromatic carbocycles. The molecule has 116 valence electrons. The molecule has 0 amide bonds. The Morgan fingerprint density at radius 1 is 0.957 bits per heavy atom. The Labute approximate surface area is 134 Å². The molecular formula is C18H17N3O2. The molecule has 0 unspecified atom stereocenters. The summed E-state index contributed by atoms with van der Waals surface area (Å²) in [5.41, 5.74) is 8.00. The summed E-state index contributed by atoms with van der Waals surface area (Å²) in [6.45, 7) is 0.648. The van der Waals surface area contributed by atoms with Crippen LogP contribution in [0.1, 0.15) is 11.3 Å². The van der Waals surface area contributed by atoms with Gasteiger partial charge in [-0.05, 0) is 17.7 Å². The normalized spacial score (nSPS) is 10.6. The Balaban J connectivity index is 1.74. The number of anilines is 1. The van der Waals surface area contributed by atoms with E-state index < -0.39 is 0 Å². The first kappa shape index (κ1) is 15.0. The van der Waals surface area contributed by atoms with Crippen LogP contribution in [-0.2, 0) is 18.0 Å². The first-order valence-corrected chi connectivity index (χ1v) is 7.29. The topological polar surface area (TPSA) is 70.1 Å². The van der Waals surface area contributed by atoms with Crippen LogP contribution >= 0.6 is 0 Å². The van der Waals surface area contributed by atoms with Gasteiger partial charge in [0.1, 0.15) is 12.0 Å². The molecular weight excluding hydrogens is 290 g/mol. The van der Waals surface area contributed by atoms with Gasteiger partial charge in [0.25, 0.3) is 5.56 Å². The van der Waals surface area contributed by atoms with E-state index in [0.717, 1.165) is 11.3 Å². The molecule has 5 nitrogen and oxygen atoms in total. The third kappa shape index (κ3) is 3.46. The Morgan fingerprint density at radius 2 is 1.61 bits per heavy atom. The van der Waals surface area contributed by atoms with Crippen LogP contribution < -0.4 is 11.3 Å². The molecule has 0 fully saturated rings. The highest BCUT2D eigenvalue weighted by Gasteiger charge is 2.09. The van der Waals surface area contributed by atoms with Gasteiger partial charge in [0.15, 0.2) is 0 Å². The number of ether oxygens (including phenoxy) is 1. The molecule has 1 aromatic heterocycles. The summed E-state index contributed by atoms with van der Waals surface area (Å²) in [5, 5.41) is 0. The SMILES string of the molecule is Nc1c(COCc2ccccc2)ncn(-c2ccccc2)c1=O. The molecule has 0 spiro atoms. The maximum Gasteiger partial charge on any atom is 0.281 e. The number of nitrogens with two attached hydrogens (primary N) is 1. The van der Waals surface area contributed by atoms with Crippen molar-refractivity contribution in [2.24, 2.45) is 0 Å². The van der Waals surface area contributed by atoms with Crippen LogP contribution in [0.15, 0.2) is 71.8 Å². The van der Waals surface area contributed by atoms with Crippen LogP contribution in [0.5, 0.6) is 0 Å². The van der Waals surface area contributed by atoms with E-state index in [1.807, 2.05) is 60.7 Å². The number of benzene rings is 2. The molecule has 3 rings (SSSR count). The smallest absolute Gasteiger partial charge is 0.281 e. The van der Waals surface area contributed by atoms with E-state index in [2.05, 4.69) is 4.98 Å². The van der Waals surface area contributed by atoms with E-state index in [1.165, 1.54) is 10.9 Å². The van der Waals surface area contributed by atoms with Crippen molar-refractivity contribution in [3.05, 3.63) is 88.6 Å². The zero-order valence-electron chi connectivity index (χ0n) is 12.6. The van der Waals surface area contributed by atoms with Crippen molar-refractivity contribution < 1.29 is 4.74 Å². The fourth-order valence-corrected chi connectivity index (χ4v) is 2.23. The zero-order chi connectivity index (χ0) is 16.1. The van der Waals surface area contributed by atoms with Crippen LogP contribution in [0.25, 0.3) is 5.69 Å². The molecule has 0 radical (unpaired) electrons. The predicted octanol–water partition coefficient (Wildman–Crippen LogP) is 2.53. The van der Waals surface area contributed by atoms with Crippen molar-refractivity contribution in [1.82, 2.24) is 9.55 Å². The maximum atomic E-state index is 12.4. The van der Waals surface area contributed by atoms with Crippen LogP contribution in [0.3, 0.4) is 0 Å². The average Bonchev–Trinajstić information content (AvgIpc) is 2.60. The van der Waals surface area contributed by atoms with Gasteiger partial charge in [0.05, 0.1) is 24.6 Å². The predicted molar refractivity (Wildman–Crippen MR) is 89.2 cm³/mol. The van der Waals surface area contributed by atoms with Gasteiger partial charge < -0.3 is 10.5 Å².